The molecule has 2 aromatic carbocycles. The Morgan fingerprint density at radius 2 is 2.04 bits per heavy atom. The summed E-state index contributed by atoms with van der Waals surface area (Å²) in [6, 6.07) is 12.3. The number of rotatable bonds is 5. The van der Waals surface area contributed by atoms with Crippen molar-refractivity contribution in [2.45, 2.75) is 6.92 Å². The summed E-state index contributed by atoms with van der Waals surface area (Å²) in [7, 11) is 1.51. The van der Waals surface area contributed by atoms with Crippen LogP contribution in [0.5, 0.6) is 11.5 Å². The van der Waals surface area contributed by atoms with Crippen LogP contribution in [0.4, 0.5) is 5.69 Å². The van der Waals surface area contributed by atoms with E-state index < -0.39 is 0 Å². The number of amides is 1. The second kappa shape index (κ2) is 8.46. The Bertz CT molecular complexity index is 1030. The van der Waals surface area contributed by atoms with Gasteiger partial charge in [-0.2, -0.15) is 15.4 Å². The molecule has 0 bridgehead atoms. The zero-order chi connectivity index (χ0) is 20.3. The SMILES string of the molecule is COc1cc(C=C2C(=O)N(c3ccc(Cl)cc3)N=C2C)cc(Br)c1OCC#N. The Morgan fingerprint density at radius 3 is 2.68 bits per heavy atom. The van der Waals surface area contributed by atoms with Gasteiger partial charge in [-0.25, -0.2) is 0 Å². The number of carbonyl (C=O) groups excluding carboxylic acids is 1. The van der Waals surface area contributed by atoms with Gasteiger partial charge in [0.05, 0.1) is 28.6 Å². The molecule has 0 spiro atoms. The van der Waals surface area contributed by atoms with Crippen molar-refractivity contribution >= 4 is 50.9 Å². The van der Waals surface area contributed by atoms with E-state index in [1.54, 1.807) is 49.4 Å². The monoisotopic (exact) mass is 459 g/mol. The molecule has 0 fully saturated rings. The van der Waals surface area contributed by atoms with E-state index in [1.165, 1.54) is 12.1 Å². The minimum Gasteiger partial charge on any atom is -0.493 e. The number of benzene rings is 2. The second-order valence-electron chi connectivity index (χ2n) is 5.82. The van der Waals surface area contributed by atoms with Crippen LogP contribution < -0.4 is 14.5 Å². The van der Waals surface area contributed by atoms with E-state index in [0.29, 0.717) is 38.0 Å². The van der Waals surface area contributed by atoms with Crippen LogP contribution in [0.25, 0.3) is 6.08 Å². The number of nitrogens with zero attached hydrogens (tertiary/aromatic N) is 3. The lowest BCUT2D eigenvalue weighted by Gasteiger charge is -2.12. The maximum absolute atomic E-state index is 12.9. The van der Waals surface area contributed by atoms with Gasteiger partial charge < -0.3 is 9.47 Å². The van der Waals surface area contributed by atoms with Crippen LogP contribution in [0, 0.1) is 11.3 Å². The van der Waals surface area contributed by atoms with Crippen molar-refractivity contribution in [3.8, 4) is 17.6 Å². The number of hydrogen-bond acceptors (Lipinski definition) is 5. The second-order valence-corrected chi connectivity index (χ2v) is 7.11. The quantitative estimate of drug-likeness (QED) is 0.600. The van der Waals surface area contributed by atoms with Crippen molar-refractivity contribution in [2.24, 2.45) is 5.10 Å². The molecule has 1 aliphatic heterocycles. The highest BCUT2D eigenvalue weighted by Crippen LogP contribution is 2.37. The maximum atomic E-state index is 12.9. The summed E-state index contributed by atoms with van der Waals surface area (Å²) in [5.74, 6) is 0.642. The molecule has 142 valence electrons. The molecule has 1 amide bonds. The average Bonchev–Trinajstić information content (AvgIpc) is 2.95. The van der Waals surface area contributed by atoms with Crippen LogP contribution in [0.2, 0.25) is 5.02 Å². The van der Waals surface area contributed by atoms with Crippen molar-refractivity contribution in [2.75, 3.05) is 18.7 Å². The topological polar surface area (TPSA) is 74.9 Å². The minimum absolute atomic E-state index is 0.101. The van der Waals surface area contributed by atoms with Gasteiger partial charge in [-0.1, -0.05) is 11.6 Å². The standard InChI is InChI=1S/C20H15BrClN3O3/c1-12-16(20(26)25(24-12)15-5-3-14(22)4-6-15)9-13-10-17(21)19(28-8-7-23)18(11-13)27-2/h3-6,9-11H,8H2,1-2H3. The molecule has 0 N–H and O–H groups in total. The molecule has 0 aliphatic carbocycles. The third-order valence-electron chi connectivity index (χ3n) is 3.98. The van der Waals surface area contributed by atoms with Gasteiger partial charge in [-0.3, -0.25) is 4.79 Å². The molecule has 3 rings (SSSR count). The third-order valence-corrected chi connectivity index (χ3v) is 4.82. The first-order valence-electron chi connectivity index (χ1n) is 8.19. The molecule has 0 radical (unpaired) electrons. The lowest BCUT2D eigenvalue weighted by atomic mass is 10.1. The van der Waals surface area contributed by atoms with Crippen LogP contribution in [0.15, 0.2) is 51.5 Å². The van der Waals surface area contributed by atoms with E-state index in [2.05, 4.69) is 21.0 Å². The van der Waals surface area contributed by atoms with Crippen molar-refractivity contribution in [1.82, 2.24) is 0 Å². The molecule has 0 atom stereocenters. The molecule has 1 aliphatic rings. The van der Waals surface area contributed by atoms with E-state index in [0.717, 1.165) is 5.56 Å². The molecule has 28 heavy (non-hydrogen) atoms. The van der Waals surface area contributed by atoms with Gasteiger partial charge in [0.15, 0.2) is 18.1 Å². The van der Waals surface area contributed by atoms with Crippen molar-refractivity contribution in [3.63, 3.8) is 0 Å². The largest absolute Gasteiger partial charge is 0.493 e. The Labute approximate surface area is 175 Å². The predicted octanol–water partition coefficient (Wildman–Crippen LogP) is 4.82. The minimum atomic E-state index is -0.236. The van der Waals surface area contributed by atoms with Crippen molar-refractivity contribution in [1.29, 1.82) is 5.26 Å². The molecule has 0 saturated carbocycles. The van der Waals surface area contributed by atoms with Crippen molar-refractivity contribution < 1.29 is 14.3 Å². The fraction of sp³-hybridized carbons (Fsp3) is 0.150. The first kappa shape index (κ1) is 19.9. The van der Waals surface area contributed by atoms with Crippen LogP contribution in [0.1, 0.15) is 12.5 Å². The fourth-order valence-corrected chi connectivity index (χ4v) is 3.38. The summed E-state index contributed by atoms with van der Waals surface area (Å²) in [4.78, 5) is 12.9. The normalized spacial score (nSPS) is 14.8. The Hall–Kier alpha value is -2.82. The molecule has 0 saturated heterocycles. The highest BCUT2D eigenvalue weighted by molar-refractivity contribution is 9.10. The lowest BCUT2D eigenvalue weighted by molar-refractivity contribution is -0.114. The number of carbonyl (C=O) groups is 1. The van der Waals surface area contributed by atoms with Crippen LogP contribution in [-0.4, -0.2) is 25.3 Å². The van der Waals surface area contributed by atoms with Gasteiger partial charge in [0.1, 0.15) is 6.07 Å². The van der Waals surface area contributed by atoms with Gasteiger partial charge in [0.25, 0.3) is 5.91 Å². The Morgan fingerprint density at radius 1 is 1.32 bits per heavy atom. The summed E-state index contributed by atoms with van der Waals surface area (Å²) in [6.45, 7) is 1.67. The molecule has 8 heteroatoms. The zero-order valence-electron chi connectivity index (χ0n) is 15.1. The number of ether oxygens (including phenoxy) is 2. The molecule has 2 aromatic rings. The van der Waals surface area contributed by atoms with Crippen LogP contribution >= 0.6 is 27.5 Å². The summed E-state index contributed by atoms with van der Waals surface area (Å²) in [6.07, 6.45) is 1.73. The van der Waals surface area contributed by atoms with Gasteiger partial charge in [0.2, 0.25) is 0 Å². The van der Waals surface area contributed by atoms with Gasteiger partial charge in [-0.15, -0.1) is 0 Å². The van der Waals surface area contributed by atoms with Crippen LogP contribution in [-0.2, 0) is 4.79 Å². The summed E-state index contributed by atoms with van der Waals surface area (Å²) >= 11 is 9.33. The number of methoxy groups -OCH3 is 1. The first-order valence-corrected chi connectivity index (χ1v) is 9.36. The van der Waals surface area contributed by atoms with E-state index in [1.807, 2.05) is 6.07 Å². The van der Waals surface area contributed by atoms with Gasteiger partial charge in [0, 0.05) is 5.02 Å². The molecular formula is C20H15BrClN3O3. The highest BCUT2D eigenvalue weighted by atomic mass is 79.9. The Kier molecular flexibility index (Phi) is 6.02. The first-order chi connectivity index (χ1) is 13.4. The van der Waals surface area contributed by atoms with E-state index in [4.69, 9.17) is 26.3 Å². The number of anilines is 1. The summed E-state index contributed by atoms with van der Waals surface area (Å²) < 4.78 is 11.4. The summed E-state index contributed by atoms with van der Waals surface area (Å²) in [5.41, 5.74) is 2.43. The highest BCUT2D eigenvalue weighted by Gasteiger charge is 2.28. The number of hydrogen-bond donors (Lipinski definition) is 0. The maximum Gasteiger partial charge on any atom is 0.280 e. The van der Waals surface area contributed by atoms with Gasteiger partial charge >= 0.3 is 0 Å². The van der Waals surface area contributed by atoms with Crippen LogP contribution in [0.3, 0.4) is 0 Å². The molecule has 0 aromatic heterocycles. The van der Waals surface area contributed by atoms with E-state index in [9.17, 15) is 4.79 Å². The number of hydrazone groups is 1. The van der Waals surface area contributed by atoms with Crippen molar-refractivity contribution in [3.05, 3.63) is 57.0 Å². The third kappa shape index (κ3) is 4.03. The smallest absolute Gasteiger partial charge is 0.280 e. The van der Waals surface area contributed by atoms with E-state index in [-0.39, 0.29) is 12.5 Å². The molecular weight excluding hydrogens is 446 g/mol. The zero-order valence-corrected chi connectivity index (χ0v) is 17.4. The molecule has 0 unspecified atom stereocenters. The van der Waals surface area contributed by atoms with E-state index >= 15 is 0 Å². The number of halogens is 2. The molecule has 6 nitrogen and oxygen atoms in total. The average molecular weight is 461 g/mol. The predicted molar refractivity (Wildman–Crippen MR) is 112 cm³/mol. The molecule has 1 heterocycles. The lowest BCUT2D eigenvalue weighted by Crippen LogP contribution is -2.21. The Balaban J connectivity index is 1.94. The summed E-state index contributed by atoms with van der Waals surface area (Å²) in [5, 5.41) is 15.0. The fourth-order valence-electron chi connectivity index (χ4n) is 2.68. The number of nitriles is 1. The van der Waals surface area contributed by atoms with Gasteiger partial charge in [-0.05, 0) is 70.9 Å².